The van der Waals surface area contributed by atoms with Gasteiger partial charge in [0.2, 0.25) is 0 Å². The number of aryl methyl sites for hydroxylation is 2. The fourth-order valence-corrected chi connectivity index (χ4v) is 2.41. The maximum absolute atomic E-state index is 5.60. The first-order valence-electron chi connectivity index (χ1n) is 6.47. The van der Waals surface area contributed by atoms with Gasteiger partial charge < -0.3 is 14.3 Å². The summed E-state index contributed by atoms with van der Waals surface area (Å²) >= 11 is 0. The fraction of sp³-hybridized carbons (Fsp3) is 0.538. The first-order chi connectivity index (χ1) is 9.15. The lowest BCUT2D eigenvalue weighted by molar-refractivity contribution is 0.190. The number of hydrogen-bond donors (Lipinski definition) is 1. The first-order valence-corrected chi connectivity index (χ1v) is 6.47. The number of rotatable bonds is 2. The SMILES string of the molecule is Cc1cc(C)c(-c2nc(C3CNCCN3C)no2)o1. The third-order valence-corrected chi connectivity index (χ3v) is 3.49. The Morgan fingerprint density at radius 3 is 2.95 bits per heavy atom. The molecule has 0 saturated carbocycles. The van der Waals surface area contributed by atoms with E-state index in [9.17, 15) is 0 Å². The molecular weight excluding hydrogens is 244 g/mol. The van der Waals surface area contributed by atoms with Crippen LogP contribution in [0.1, 0.15) is 23.2 Å². The Kier molecular flexibility index (Phi) is 3.12. The van der Waals surface area contributed by atoms with Gasteiger partial charge in [0.05, 0.1) is 6.04 Å². The molecule has 0 amide bonds. The highest BCUT2D eigenvalue weighted by molar-refractivity contribution is 5.50. The topological polar surface area (TPSA) is 67.3 Å². The van der Waals surface area contributed by atoms with Gasteiger partial charge in [0.1, 0.15) is 5.76 Å². The second kappa shape index (κ2) is 4.79. The highest BCUT2D eigenvalue weighted by Gasteiger charge is 2.26. The summed E-state index contributed by atoms with van der Waals surface area (Å²) in [4.78, 5) is 6.70. The van der Waals surface area contributed by atoms with Crippen molar-refractivity contribution in [3.63, 3.8) is 0 Å². The number of likely N-dealkylation sites (N-methyl/N-ethyl adjacent to an activating group) is 1. The van der Waals surface area contributed by atoms with Gasteiger partial charge in [-0.05, 0) is 27.0 Å². The summed E-state index contributed by atoms with van der Waals surface area (Å²) in [5, 5.41) is 7.43. The molecule has 2 aromatic heterocycles. The first kappa shape index (κ1) is 12.4. The zero-order chi connectivity index (χ0) is 13.4. The maximum Gasteiger partial charge on any atom is 0.293 e. The Labute approximate surface area is 111 Å². The van der Waals surface area contributed by atoms with E-state index in [1.165, 1.54) is 0 Å². The van der Waals surface area contributed by atoms with Crippen LogP contribution in [0.2, 0.25) is 0 Å². The van der Waals surface area contributed by atoms with Gasteiger partial charge in [0, 0.05) is 25.2 Å². The summed E-state index contributed by atoms with van der Waals surface area (Å²) in [5.41, 5.74) is 1.02. The Balaban J connectivity index is 1.88. The molecule has 1 unspecified atom stereocenters. The van der Waals surface area contributed by atoms with E-state index in [4.69, 9.17) is 8.94 Å². The molecule has 0 spiro atoms. The van der Waals surface area contributed by atoms with Crippen molar-refractivity contribution in [3.05, 3.63) is 23.2 Å². The Morgan fingerprint density at radius 2 is 2.26 bits per heavy atom. The van der Waals surface area contributed by atoms with Crippen molar-refractivity contribution >= 4 is 0 Å². The molecular formula is C13H18N4O2. The van der Waals surface area contributed by atoms with Crippen LogP contribution in [0.4, 0.5) is 0 Å². The van der Waals surface area contributed by atoms with Crippen molar-refractivity contribution in [1.82, 2.24) is 20.4 Å². The van der Waals surface area contributed by atoms with Crippen LogP contribution in [-0.4, -0.2) is 41.7 Å². The van der Waals surface area contributed by atoms with E-state index in [1.54, 1.807) is 0 Å². The number of nitrogens with zero attached hydrogens (tertiary/aromatic N) is 3. The summed E-state index contributed by atoms with van der Waals surface area (Å²) in [6.07, 6.45) is 0. The molecule has 0 radical (unpaired) electrons. The minimum atomic E-state index is 0.155. The minimum absolute atomic E-state index is 0.155. The fourth-order valence-electron chi connectivity index (χ4n) is 2.41. The van der Waals surface area contributed by atoms with Gasteiger partial charge in [0.25, 0.3) is 5.89 Å². The molecule has 0 aliphatic carbocycles. The van der Waals surface area contributed by atoms with Gasteiger partial charge >= 0.3 is 0 Å². The molecule has 6 heteroatoms. The lowest BCUT2D eigenvalue weighted by Gasteiger charge is -2.30. The molecule has 1 aliphatic heterocycles. The molecule has 3 heterocycles. The summed E-state index contributed by atoms with van der Waals surface area (Å²) < 4.78 is 10.9. The second-order valence-electron chi connectivity index (χ2n) is 5.03. The van der Waals surface area contributed by atoms with Crippen molar-refractivity contribution in [1.29, 1.82) is 0 Å². The van der Waals surface area contributed by atoms with Crippen LogP contribution in [0.25, 0.3) is 11.7 Å². The number of furan rings is 1. The van der Waals surface area contributed by atoms with E-state index >= 15 is 0 Å². The van der Waals surface area contributed by atoms with E-state index < -0.39 is 0 Å². The summed E-state index contributed by atoms with van der Waals surface area (Å²) in [6, 6.07) is 2.12. The van der Waals surface area contributed by atoms with Crippen LogP contribution in [0.5, 0.6) is 0 Å². The molecule has 6 nitrogen and oxygen atoms in total. The molecule has 19 heavy (non-hydrogen) atoms. The quantitative estimate of drug-likeness (QED) is 0.885. The van der Waals surface area contributed by atoms with Gasteiger partial charge in [-0.3, -0.25) is 4.90 Å². The van der Waals surface area contributed by atoms with Crippen molar-refractivity contribution < 1.29 is 8.94 Å². The Morgan fingerprint density at radius 1 is 1.42 bits per heavy atom. The smallest absolute Gasteiger partial charge is 0.293 e. The van der Waals surface area contributed by atoms with E-state index in [0.717, 1.165) is 31.0 Å². The molecule has 1 aliphatic rings. The highest BCUT2D eigenvalue weighted by atomic mass is 16.5. The monoisotopic (exact) mass is 262 g/mol. The summed E-state index contributed by atoms with van der Waals surface area (Å²) in [6.45, 7) is 6.70. The van der Waals surface area contributed by atoms with Crippen LogP contribution >= 0.6 is 0 Å². The van der Waals surface area contributed by atoms with Gasteiger partial charge in [-0.15, -0.1) is 0 Å². The number of piperazine rings is 1. The standard InChI is InChI=1S/C13H18N4O2/c1-8-6-9(2)18-11(8)13-15-12(16-19-13)10-7-14-4-5-17(10)3/h6,10,14H,4-5,7H2,1-3H3. The van der Waals surface area contributed by atoms with Gasteiger partial charge in [-0.25, -0.2) is 0 Å². The third kappa shape index (κ3) is 2.29. The van der Waals surface area contributed by atoms with E-state index in [0.29, 0.717) is 17.5 Å². The van der Waals surface area contributed by atoms with Crippen LogP contribution in [0.15, 0.2) is 15.0 Å². The summed E-state index contributed by atoms with van der Waals surface area (Å²) in [5.74, 6) is 2.68. The van der Waals surface area contributed by atoms with Gasteiger partial charge in [-0.1, -0.05) is 5.16 Å². The normalized spacial score (nSPS) is 20.9. The van der Waals surface area contributed by atoms with Gasteiger partial charge in [0.15, 0.2) is 11.6 Å². The number of nitrogens with one attached hydrogen (secondary N) is 1. The van der Waals surface area contributed by atoms with E-state index in [1.807, 2.05) is 19.9 Å². The lowest BCUT2D eigenvalue weighted by atomic mass is 10.2. The molecule has 102 valence electrons. The molecule has 0 aromatic carbocycles. The molecule has 0 bridgehead atoms. The zero-order valence-electron chi connectivity index (χ0n) is 11.4. The zero-order valence-corrected chi connectivity index (χ0v) is 11.4. The molecule has 2 aromatic rings. The predicted molar refractivity (Wildman–Crippen MR) is 69.7 cm³/mol. The molecule has 1 fully saturated rings. The van der Waals surface area contributed by atoms with Gasteiger partial charge in [-0.2, -0.15) is 4.98 Å². The van der Waals surface area contributed by atoms with Crippen LogP contribution in [-0.2, 0) is 0 Å². The molecule has 1 N–H and O–H groups in total. The Hall–Kier alpha value is -1.66. The predicted octanol–water partition coefficient (Wildman–Crippen LogP) is 1.52. The van der Waals surface area contributed by atoms with E-state index in [2.05, 4.69) is 27.4 Å². The number of hydrogen-bond acceptors (Lipinski definition) is 6. The maximum atomic E-state index is 5.60. The average molecular weight is 262 g/mol. The van der Waals surface area contributed by atoms with Crippen molar-refractivity contribution in [2.75, 3.05) is 26.7 Å². The van der Waals surface area contributed by atoms with Crippen LogP contribution in [0, 0.1) is 13.8 Å². The van der Waals surface area contributed by atoms with Crippen molar-refractivity contribution in [3.8, 4) is 11.7 Å². The highest BCUT2D eigenvalue weighted by Crippen LogP contribution is 2.27. The Bertz CT molecular complexity index is 575. The largest absolute Gasteiger partial charge is 0.456 e. The number of aromatic nitrogens is 2. The van der Waals surface area contributed by atoms with Crippen LogP contribution in [0.3, 0.4) is 0 Å². The summed E-state index contributed by atoms with van der Waals surface area (Å²) in [7, 11) is 2.07. The van der Waals surface area contributed by atoms with Crippen LogP contribution < -0.4 is 5.32 Å². The van der Waals surface area contributed by atoms with E-state index in [-0.39, 0.29) is 6.04 Å². The minimum Gasteiger partial charge on any atom is -0.456 e. The second-order valence-corrected chi connectivity index (χ2v) is 5.03. The average Bonchev–Trinajstić information content (AvgIpc) is 2.96. The lowest BCUT2D eigenvalue weighted by Crippen LogP contribution is -2.44. The molecule has 3 rings (SSSR count). The third-order valence-electron chi connectivity index (χ3n) is 3.49. The molecule has 1 saturated heterocycles. The van der Waals surface area contributed by atoms with Crippen molar-refractivity contribution in [2.24, 2.45) is 0 Å². The van der Waals surface area contributed by atoms with Crippen molar-refractivity contribution in [2.45, 2.75) is 19.9 Å². The molecule has 1 atom stereocenters.